The van der Waals surface area contributed by atoms with Crippen molar-refractivity contribution in [3.8, 4) is 5.75 Å². The second-order valence-electron chi connectivity index (χ2n) is 4.45. The maximum absolute atomic E-state index is 12.3. The van der Waals surface area contributed by atoms with Crippen LogP contribution in [0.2, 0.25) is 5.02 Å². The maximum atomic E-state index is 12.3. The summed E-state index contributed by atoms with van der Waals surface area (Å²) in [7, 11) is 1.53. The molecule has 0 fully saturated rings. The summed E-state index contributed by atoms with van der Waals surface area (Å²) in [5.74, 6) is 0.299. The van der Waals surface area contributed by atoms with Gasteiger partial charge in [-0.1, -0.05) is 41.9 Å². The van der Waals surface area contributed by atoms with Crippen molar-refractivity contribution in [3.63, 3.8) is 0 Å². The van der Waals surface area contributed by atoms with E-state index in [0.29, 0.717) is 16.3 Å². The monoisotopic (exact) mass is 289 g/mol. The molecule has 0 bridgehead atoms. The predicted molar refractivity (Wildman–Crippen MR) is 80.3 cm³/mol. The Balaban J connectivity index is 2.18. The van der Waals surface area contributed by atoms with Gasteiger partial charge in [0.25, 0.3) is 5.91 Å². The molecule has 2 aromatic rings. The van der Waals surface area contributed by atoms with Gasteiger partial charge in [-0.05, 0) is 30.7 Å². The lowest BCUT2D eigenvalue weighted by atomic mass is 10.1. The molecule has 2 rings (SSSR count). The summed E-state index contributed by atoms with van der Waals surface area (Å²) in [4.78, 5) is 12.3. The van der Waals surface area contributed by atoms with E-state index in [9.17, 15) is 4.79 Å². The first-order valence-corrected chi connectivity index (χ1v) is 6.69. The summed E-state index contributed by atoms with van der Waals surface area (Å²) in [5.41, 5.74) is 1.48. The van der Waals surface area contributed by atoms with Crippen molar-refractivity contribution in [1.82, 2.24) is 5.32 Å². The molecule has 0 aliphatic rings. The number of methoxy groups -OCH3 is 1. The Morgan fingerprint density at radius 3 is 2.55 bits per heavy atom. The molecule has 0 spiro atoms. The maximum Gasteiger partial charge on any atom is 0.255 e. The number of hydrogen-bond acceptors (Lipinski definition) is 2. The molecular formula is C16H16ClNO2. The predicted octanol–water partition coefficient (Wildman–Crippen LogP) is 3.84. The summed E-state index contributed by atoms with van der Waals surface area (Å²) in [5, 5.41) is 3.44. The quantitative estimate of drug-likeness (QED) is 0.929. The van der Waals surface area contributed by atoms with E-state index < -0.39 is 0 Å². The zero-order chi connectivity index (χ0) is 14.5. The molecule has 0 aliphatic heterocycles. The van der Waals surface area contributed by atoms with Crippen LogP contribution in [0.3, 0.4) is 0 Å². The van der Waals surface area contributed by atoms with E-state index in [2.05, 4.69) is 5.32 Å². The number of benzene rings is 2. The molecule has 1 N–H and O–H groups in total. The van der Waals surface area contributed by atoms with Crippen LogP contribution in [-0.2, 0) is 0 Å². The average molecular weight is 290 g/mol. The molecule has 0 unspecified atom stereocenters. The number of carbonyl (C=O) groups excluding carboxylic acids is 1. The van der Waals surface area contributed by atoms with Gasteiger partial charge in [-0.3, -0.25) is 4.79 Å². The Kier molecular flexibility index (Phi) is 4.64. The Morgan fingerprint density at radius 2 is 1.90 bits per heavy atom. The van der Waals surface area contributed by atoms with Crippen molar-refractivity contribution >= 4 is 17.5 Å². The number of amides is 1. The van der Waals surface area contributed by atoms with E-state index in [-0.39, 0.29) is 11.9 Å². The van der Waals surface area contributed by atoms with Crippen molar-refractivity contribution in [3.05, 3.63) is 64.7 Å². The molecule has 0 radical (unpaired) electrons. The lowest BCUT2D eigenvalue weighted by Crippen LogP contribution is -2.27. The van der Waals surface area contributed by atoms with Crippen molar-refractivity contribution in [2.75, 3.05) is 7.11 Å². The summed E-state index contributed by atoms with van der Waals surface area (Å²) >= 11 is 5.94. The lowest BCUT2D eigenvalue weighted by molar-refractivity contribution is 0.0937. The Morgan fingerprint density at radius 1 is 1.20 bits per heavy atom. The smallest absolute Gasteiger partial charge is 0.255 e. The van der Waals surface area contributed by atoms with Gasteiger partial charge in [-0.25, -0.2) is 0 Å². The van der Waals surface area contributed by atoms with Crippen LogP contribution in [0.1, 0.15) is 28.9 Å². The molecule has 0 saturated carbocycles. The first-order chi connectivity index (χ1) is 9.61. The normalized spacial score (nSPS) is 11.8. The van der Waals surface area contributed by atoms with Crippen LogP contribution in [-0.4, -0.2) is 13.0 Å². The van der Waals surface area contributed by atoms with Gasteiger partial charge in [0.15, 0.2) is 0 Å². The molecule has 4 heteroatoms. The van der Waals surface area contributed by atoms with Gasteiger partial charge in [0.05, 0.1) is 18.7 Å². The molecule has 1 atom stereocenters. The largest absolute Gasteiger partial charge is 0.496 e. The van der Waals surface area contributed by atoms with Crippen molar-refractivity contribution in [2.45, 2.75) is 13.0 Å². The number of carbonyl (C=O) groups is 1. The Bertz CT molecular complexity index is 599. The molecule has 3 nitrogen and oxygen atoms in total. The highest BCUT2D eigenvalue weighted by atomic mass is 35.5. The lowest BCUT2D eigenvalue weighted by Gasteiger charge is -2.15. The van der Waals surface area contributed by atoms with Gasteiger partial charge in [0.2, 0.25) is 0 Å². The van der Waals surface area contributed by atoms with E-state index in [1.807, 2.05) is 37.3 Å². The molecule has 0 heterocycles. The van der Waals surface area contributed by atoms with E-state index in [1.165, 1.54) is 7.11 Å². The number of rotatable bonds is 4. The molecule has 0 aromatic heterocycles. The molecule has 104 valence electrons. The van der Waals surface area contributed by atoms with Crippen LogP contribution >= 0.6 is 11.6 Å². The summed E-state index contributed by atoms with van der Waals surface area (Å²) in [6, 6.07) is 14.7. The zero-order valence-electron chi connectivity index (χ0n) is 11.4. The number of nitrogens with one attached hydrogen (secondary N) is 1. The number of halogens is 1. The van der Waals surface area contributed by atoms with Crippen LogP contribution in [0.5, 0.6) is 5.75 Å². The molecule has 0 aliphatic carbocycles. The topological polar surface area (TPSA) is 38.3 Å². The van der Waals surface area contributed by atoms with Gasteiger partial charge in [-0.15, -0.1) is 0 Å². The highest BCUT2D eigenvalue weighted by Crippen LogP contribution is 2.23. The van der Waals surface area contributed by atoms with Gasteiger partial charge >= 0.3 is 0 Å². The molecule has 1 amide bonds. The second kappa shape index (κ2) is 6.44. The highest BCUT2D eigenvalue weighted by Gasteiger charge is 2.15. The average Bonchev–Trinajstić information content (AvgIpc) is 2.48. The molecule has 2 aromatic carbocycles. The fourth-order valence-corrected chi connectivity index (χ4v) is 2.13. The Hall–Kier alpha value is -2.00. The third kappa shape index (κ3) is 3.31. The number of ether oxygens (including phenoxy) is 1. The third-order valence-electron chi connectivity index (χ3n) is 3.05. The highest BCUT2D eigenvalue weighted by molar-refractivity contribution is 6.31. The third-order valence-corrected chi connectivity index (χ3v) is 3.29. The fourth-order valence-electron chi connectivity index (χ4n) is 1.96. The summed E-state index contributed by atoms with van der Waals surface area (Å²) in [6.45, 7) is 1.93. The minimum Gasteiger partial charge on any atom is -0.496 e. The van der Waals surface area contributed by atoms with Crippen molar-refractivity contribution in [2.24, 2.45) is 0 Å². The molecular weight excluding hydrogens is 274 g/mol. The zero-order valence-corrected chi connectivity index (χ0v) is 12.1. The molecule has 20 heavy (non-hydrogen) atoms. The fraction of sp³-hybridized carbons (Fsp3) is 0.188. The van der Waals surface area contributed by atoms with Gasteiger partial charge < -0.3 is 10.1 Å². The van der Waals surface area contributed by atoms with Gasteiger partial charge in [0.1, 0.15) is 5.75 Å². The Labute approximate surface area is 123 Å². The summed E-state index contributed by atoms with van der Waals surface area (Å²) in [6.07, 6.45) is 0. The first-order valence-electron chi connectivity index (χ1n) is 6.31. The second-order valence-corrected chi connectivity index (χ2v) is 4.89. The van der Waals surface area contributed by atoms with Crippen LogP contribution in [0.4, 0.5) is 0 Å². The van der Waals surface area contributed by atoms with Gasteiger partial charge in [0, 0.05) is 5.02 Å². The standard InChI is InChI=1S/C16H16ClNO2/c1-11(12-6-4-3-5-7-12)18-16(19)14-10-13(17)8-9-15(14)20-2/h3-11H,1-2H3,(H,18,19)/t11-/m0/s1. The van der Waals surface area contributed by atoms with Crippen LogP contribution in [0.15, 0.2) is 48.5 Å². The van der Waals surface area contributed by atoms with E-state index in [0.717, 1.165) is 5.56 Å². The van der Waals surface area contributed by atoms with Gasteiger partial charge in [-0.2, -0.15) is 0 Å². The minimum atomic E-state index is -0.208. The van der Waals surface area contributed by atoms with Crippen molar-refractivity contribution in [1.29, 1.82) is 0 Å². The van der Waals surface area contributed by atoms with Crippen LogP contribution in [0, 0.1) is 0 Å². The van der Waals surface area contributed by atoms with E-state index >= 15 is 0 Å². The van der Waals surface area contributed by atoms with Crippen LogP contribution in [0.25, 0.3) is 0 Å². The number of hydrogen-bond donors (Lipinski definition) is 1. The van der Waals surface area contributed by atoms with E-state index in [4.69, 9.17) is 16.3 Å². The van der Waals surface area contributed by atoms with Crippen molar-refractivity contribution < 1.29 is 9.53 Å². The first kappa shape index (κ1) is 14.4. The molecule has 0 saturated heterocycles. The SMILES string of the molecule is COc1ccc(Cl)cc1C(=O)N[C@@H](C)c1ccccc1. The van der Waals surface area contributed by atoms with Crippen LogP contribution < -0.4 is 10.1 Å². The minimum absolute atomic E-state index is 0.0904. The summed E-state index contributed by atoms with van der Waals surface area (Å²) < 4.78 is 5.19. The van der Waals surface area contributed by atoms with E-state index in [1.54, 1.807) is 18.2 Å².